The van der Waals surface area contributed by atoms with E-state index in [4.69, 9.17) is 0 Å². The van der Waals surface area contributed by atoms with Crippen molar-refractivity contribution >= 4 is 23.9 Å². The van der Waals surface area contributed by atoms with Gasteiger partial charge in [-0.15, -0.1) is 0 Å². The van der Waals surface area contributed by atoms with E-state index in [9.17, 15) is 27.6 Å². The first kappa shape index (κ1) is 17.5. The Morgan fingerprint density at radius 1 is 1.14 bits per heavy atom. The van der Waals surface area contributed by atoms with Crippen molar-refractivity contribution in [1.29, 1.82) is 0 Å². The first-order chi connectivity index (χ1) is 10.3. The van der Waals surface area contributed by atoms with Gasteiger partial charge in [-0.05, 0) is 24.6 Å². The predicted molar refractivity (Wildman–Crippen MR) is 71.8 cm³/mol. The molecule has 0 aliphatic heterocycles. The highest BCUT2D eigenvalue weighted by Crippen LogP contribution is 2.30. The molecule has 0 saturated carbocycles. The Morgan fingerprint density at radius 2 is 1.86 bits per heavy atom. The Balaban J connectivity index is 2.50. The summed E-state index contributed by atoms with van der Waals surface area (Å²) in [5.41, 5.74) is -1.05. The van der Waals surface area contributed by atoms with Crippen LogP contribution in [0.3, 0.4) is 0 Å². The van der Waals surface area contributed by atoms with E-state index < -0.39 is 23.6 Å². The van der Waals surface area contributed by atoms with Gasteiger partial charge in [-0.25, -0.2) is 0 Å². The van der Waals surface area contributed by atoms with Gasteiger partial charge in [0.05, 0.1) is 5.56 Å². The summed E-state index contributed by atoms with van der Waals surface area (Å²) in [5.74, 6) is -2.04. The second-order valence-corrected chi connectivity index (χ2v) is 4.21. The summed E-state index contributed by atoms with van der Waals surface area (Å²) >= 11 is 0. The quantitative estimate of drug-likeness (QED) is 0.414. The molecule has 6 nitrogen and oxygen atoms in total. The number of halogens is 3. The molecule has 0 aromatic heterocycles. The lowest BCUT2D eigenvalue weighted by Gasteiger charge is -2.10. The zero-order valence-electron chi connectivity index (χ0n) is 11.4. The van der Waals surface area contributed by atoms with Gasteiger partial charge in [0, 0.05) is 18.8 Å². The third-order valence-electron chi connectivity index (χ3n) is 2.52. The molecule has 3 N–H and O–H groups in total. The lowest BCUT2D eigenvalue weighted by Crippen LogP contribution is -2.36. The van der Waals surface area contributed by atoms with Gasteiger partial charge in [0.1, 0.15) is 0 Å². The van der Waals surface area contributed by atoms with Gasteiger partial charge >= 0.3 is 18.0 Å². The first-order valence-electron chi connectivity index (χ1n) is 6.28. The van der Waals surface area contributed by atoms with Crippen LogP contribution in [-0.4, -0.2) is 31.3 Å². The number of rotatable bonds is 6. The fourth-order valence-electron chi connectivity index (χ4n) is 1.49. The van der Waals surface area contributed by atoms with E-state index in [0.29, 0.717) is 19.4 Å². The summed E-state index contributed by atoms with van der Waals surface area (Å²) < 4.78 is 37.5. The largest absolute Gasteiger partial charge is 0.416 e. The summed E-state index contributed by atoms with van der Waals surface area (Å²) in [7, 11) is 0. The second kappa shape index (κ2) is 8.01. The van der Waals surface area contributed by atoms with Crippen molar-refractivity contribution in [3.63, 3.8) is 0 Å². The maximum Gasteiger partial charge on any atom is 0.416 e. The zero-order chi connectivity index (χ0) is 16.6. The molecule has 0 unspecified atom stereocenters. The Morgan fingerprint density at radius 3 is 2.50 bits per heavy atom. The topological polar surface area (TPSA) is 87.3 Å². The summed E-state index contributed by atoms with van der Waals surface area (Å²) in [6.45, 7) is 0.481. The van der Waals surface area contributed by atoms with Gasteiger partial charge in [0.2, 0.25) is 6.41 Å². The highest BCUT2D eigenvalue weighted by atomic mass is 19.4. The molecular formula is C13H14F3N3O3. The van der Waals surface area contributed by atoms with Gasteiger partial charge in [-0.2, -0.15) is 13.2 Å². The minimum absolute atomic E-state index is 0.127. The molecule has 0 aliphatic carbocycles. The number of nitrogens with one attached hydrogen (secondary N) is 3. The van der Waals surface area contributed by atoms with Gasteiger partial charge in [-0.1, -0.05) is 6.07 Å². The van der Waals surface area contributed by atoms with Crippen LogP contribution in [0.15, 0.2) is 24.3 Å². The standard InChI is InChI=1S/C13H14F3N3O3/c14-13(15,16)9-3-1-4-10(7-9)19-12(22)11(21)18-6-2-5-17-8-20/h1,3-4,7-8H,2,5-6H2,(H,17,20)(H,18,21)(H,19,22). The first-order valence-corrected chi connectivity index (χ1v) is 6.28. The number of anilines is 1. The Bertz CT molecular complexity index is 547. The lowest BCUT2D eigenvalue weighted by atomic mass is 10.2. The minimum atomic E-state index is -4.53. The molecule has 22 heavy (non-hydrogen) atoms. The summed E-state index contributed by atoms with van der Waals surface area (Å²) in [6.07, 6.45) is -3.61. The molecule has 0 radical (unpaired) electrons. The van der Waals surface area contributed by atoms with E-state index in [1.165, 1.54) is 6.07 Å². The number of carbonyl (C=O) groups excluding carboxylic acids is 3. The minimum Gasteiger partial charge on any atom is -0.359 e. The van der Waals surface area contributed by atoms with Crippen molar-refractivity contribution in [3.05, 3.63) is 29.8 Å². The molecule has 0 saturated heterocycles. The van der Waals surface area contributed by atoms with Crippen LogP contribution < -0.4 is 16.0 Å². The van der Waals surface area contributed by atoms with Crippen LogP contribution >= 0.6 is 0 Å². The van der Waals surface area contributed by atoms with E-state index in [0.717, 1.165) is 18.2 Å². The molecule has 3 amide bonds. The Labute approximate surface area is 124 Å². The van der Waals surface area contributed by atoms with Crippen LogP contribution in [0.4, 0.5) is 18.9 Å². The number of amides is 3. The molecule has 1 aromatic carbocycles. The average molecular weight is 317 g/mol. The number of benzene rings is 1. The van der Waals surface area contributed by atoms with Crippen LogP contribution in [0.1, 0.15) is 12.0 Å². The van der Waals surface area contributed by atoms with E-state index in [1.807, 2.05) is 0 Å². The third kappa shape index (κ3) is 5.81. The van der Waals surface area contributed by atoms with Crippen molar-refractivity contribution in [2.75, 3.05) is 18.4 Å². The fraction of sp³-hybridized carbons (Fsp3) is 0.308. The summed E-state index contributed by atoms with van der Waals surface area (Å²) in [6, 6.07) is 3.96. The molecule has 0 bridgehead atoms. The van der Waals surface area contributed by atoms with Crippen LogP contribution in [0, 0.1) is 0 Å². The molecule has 1 aromatic rings. The molecule has 0 atom stereocenters. The molecule has 0 spiro atoms. The molecule has 0 aliphatic rings. The highest BCUT2D eigenvalue weighted by Gasteiger charge is 2.30. The van der Waals surface area contributed by atoms with E-state index in [2.05, 4.69) is 16.0 Å². The molecule has 0 heterocycles. The van der Waals surface area contributed by atoms with E-state index in [-0.39, 0.29) is 12.2 Å². The van der Waals surface area contributed by atoms with Crippen molar-refractivity contribution < 1.29 is 27.6 Å². The van der Waals surface area contributed by atoms with Crippen LogP contribution in [-0.2, 0) is 20.6 Å². The normalized spacial score (nSPS) is 10.7. The number of carbonyl (C=O) groups is 3. The van der Waals surface area contributed by atoms with Gasteiger partial charge < -0.3 is 16.0 Å². The van der Waals surface area contributed by atoms with Gasteiger partial charge in [-0.3, -0.25) is 14.4 Å². The average Bonchev–Trinajstić information content (AvgIpc) is 2.46. The van der Waals surface area contributed by atoms with Gasteiger partial charge in [0.15, 0.2) is 0 Å². The van der Waals surface area contributed by atoms with Crippen LogP contribution in [0.5, 0.6) is 0 Å². The van der Waals surface area contributed by atoms with Crippen LogP contribution in [0.25, 0.3) is 0 Å². The highest BCUT2D eigenvalue weighted by molar-refractivity contribution is 6.39. The lowest BCUT2D eigenvalue weighted by molar-refractivity contribution is -0.137. The second-order valence-electron chi connectivity index (χ2n) is 4.21. The molecule has 0 fully saturated rings. The molecule has 120 valence electrons. The smallest absolute Gasteiger partial charge is 0.359 e. The fourth-order valence-corrected chi connectivity index (χ4v) is 1.49. The Kier molecular flexibility index (Phi) is 6.36. The van der Waals surface area contributed by atoms with Gasteiger partial charge in [0.25, 0.3) is 0 Å². The van der Waals surface area contributed by atoms with Crippen molar-refractivity contribution in [2.45, 2.75) is 12.6 Å². The number of hydrogen-bond donors (Lipinski definition) is 3. The van der Waals surface area contributed by atoms with E-state index >= 15 is 0 Å². The van der Waals surface area contributed by atoms with Crippen LogP contribution in [0.2, 0.25) is 0 Å². The van der Waals surface area contributed by atoms with Crippen molar-refractivity contribution in [3.8, 4) is 0 Å². The third-order valence-corrected chi connectivity index (χ3v) is 2.52. The molecule has 1 rings (SSSR count). The predicted octanol–water partition coefficient (Wildman–Crippen LogP) is 0.896. The zero-order valence-corrected chi connectivity index (χ0v) is 11.4. The van der Waals surface area contributed by atoms with Crippen molar-refractivity contribution in [1.82, 2.24) is 10.6 Å². The SMILES string of the molecule is O=CNCCCNC(=O)C(=O)Nc1cccc(C(F)(F)F)c1. The summed E-state index contributed by atoms with van der Waals surface area (Å²) in [4.78, 5) is 32.9. The monoisotopic (exact) mass is 317 g/mol. The maximum absolute atomic E-state index is 12.5. The summed E-state index contributed by atoms with van der Waals surface area (Å²) in [5, 5.41) is 6.73. The molecule has 9 heteroatoms. The Hall–Kier alpha value is -2.58. The maximum atomic E-state index is 12.5. The number of alkyl halides is 3. The van der Waals surface area contributed by atoms with E-state index in [1.54, 1.807) is 0 Å². The molecular weight excluding hydrogens is 303 g/mol. The number of hydrogen-bond acceptors (Lipinski definition) is 3. The van der Waals surface area contributed by atoms with Crippen molar-refractivity contribution in [2.24, 2.45) is 0 Å².